The van der Waals surface area contributed by atoms with Crippen molar-refractivity contribution in [2.75, 3.05) is 0 Å². The zero-order valence-electron chi connectivity index (χ0n) is 39.6. The fourth-order valence-corrected chi connectivity index (χ4v) is 10.6. The molecule has 0 fully saturated rings. The summed E-state index contributed by atoms with van der Waals surface area (Å²) in [6.07, 6.45) is 8.67. The average molecular weight is 819 g/mol. The lowest BCUT2D eigenvalue weighted by molar-refractivity contribution is -0.132. The Morgan fingerprint density at radius 2 is 0.820 bits per heavy atom. The van der Waals surface area contributed by atoms with E-state index in [1.807, 2.05) is 0 Å². The van der Waals surface area contributed by atoms with Gasteiger partial charge in [0.2, 0.25) is 0 Å². The van der Waals surface area contributed by atoms with Gasteiger partial charge in [-0.25, -0.2) is 9.97 Å². The number of benzene rings is 2. The Balaban J connectivity index is 1.15. The summed E-state index contributed by atoms with van der Waals surface area (Å²) >= 11 is 0. The summed E-state index contributed by atoms with van der Waals surface area (Å²) in [6.45, 7) is 35.2. The zero-order chi connectivity index (χ0) is 44.0. The van der Waals surface area contributed by atoms with Crippen LogP contribution in [-0.2, 0) is 15.9 Å². The minimum atomic E-state index is -0.596. The second-order valence-corrected chi connectivity index (χ2v) is 18.7. The molecule has 0 N–H and O–H groups in total. The molecule has 0 aliphatic heterocycles. The number of nitrogens with zero attached hydrogens (tertiary/aromatic N) is 8. The molecule has 0 saturated heterocycles. The first-order valence-corrected chi connectivity index (χ1v) is 22.5. The highest BCUT2D eigenvalue weighted by molar-refractivity contribution is 5.91. The van der Waals surface area contributed by atoms with Gasteiger partial charge in [-0.05, 0) is 165 Å². The van der Waals surface area contributed by atoms with Crippen molar-refractivity contribution in [3.63, 3.8) is 0 Å². The average Bonchev–Trinajstić information content (AvgIpc) is 3.97. The minimum absolute atomic E-state index is 0.406. The molecule has 0 radical (unpaired) electrons. The van der Waals surface area contributed by atoms with Crippen LogP contribution in [0.2, 0.25) is 0 Å². The summed E-state index contributed by atoms with van der Waals surface area (Å²) in [7, 11) is 0. The first-order chi connectivity index (χ1) is 28.9. The van der Waals surface area contributed by atoms with Crippen LogP contribution in [0, 0.1) is 55.4 Å². The minimum Gasteiger partial charge on any atom is -0.360 e. The standard InChI is InChI=1S/C52H66N8O/c1-17-39(18-2)57-23-21-41-33(9)53-47-45(35(11)55-59(47)49(41)57)43-29(5)25-37(26-30(43)6)51(13,14)61-52(15,16)38-27-31(7)44(32(8)28-38)46-36(12)56-60-48(46)54-34(10)42-22-24-58(50(42)60)40(19-3)20-4/h21-28,39-40H,17-20H2,1-16H3. The summed E-state index contributed by atoms with van der Waals surface area (Å²) < 4.78 is 16.2. The molecule has 0 unspecified atom stereocenters. The van der Waals surface area contributed by atoms with Gasteiger partial charge in [0.15, 0.2) is 11.3 Å². The number of hydrogen-bond acceptors (Lipinski definition) is 5. The van der Waals surface area contributed by atoms with Crippen LogP contribution in [0.1, 0.15) is 149 Å². The van der Waals surface area contributed by atoms with E-state index >= 15 is 0 Å². The van der Waals surface area contributed by atoms with Crippen molar-refractivity contribution in [3.05, 3.63) is 105 Å². The van der Waals surface area contributed by atoms with Crippen LogP contribution in [0.5, 0.6) is 0 Å². The molecule has 0 spiro atoms. The van der Waals surface area contributed by atoms with Crippen molar-refractivity contribution in [1.29, 1.82) is 0 Å². The summed E-state index contributed by atoms with van der Waals surface area (Å²) in [4.78, 5) is 10.4. The molecule has 0 saturated carbocycles. The molecular formula is C52H66N8O. The smallest absolute Gasteiger partial charge is 0.165 e. The van der Waals surface area contributed by atoms with E-state index in [0.717, 1.165) is 104 Å². The first kappa shape index (κ1) is 42.4. The summed E-state index contributed by atoms with van der Waals surface area (Å²) in [5, 5.41) is 12.6. The van der Waals surface area contributed by atoms with E-state index in [2.05, 4.69) is 178 Å². The number of rotatable bonds is 12. The second kappa shape index (κ2) is 15.3. The van der Waals surface area contributed by atoms with Crippen LogP contribution < -0.4 is 0 Å². The van der Waals surface area contributed by atoms with Gasteiger partial charge >= 0.3 is 0 Å². The fourth-order valence-electron chi connectivity index (χ4n) is 10.6. The lowest BCUT2D eigenvalue weighted by atomic mass is 9.86. The number of hydrogen-bond donors (Lipinski definition) is 0. The van der Waals surface area contributed by atoms with E-state index in [0.29, 0.717) is 12.1 Å². The third-order valence-corrected chi connectivity index (χ3v) is 13.7. The molecule has 6 heterocycles. The highest BCUT2D eigenvalue weighted by Crippen LogP contribution is 2.43. The van der Waals surface area contributed by atoms with Crippen molar-refractivity contribution < 1.29 is 4.74 Å². The quantitative estimate of drug-likeness (QED) is 0.123. The molecule has 9 heteroatoms. The van der Waals surface area contributed by atoms with Crippen LogP contribution in [0.3, 0.4) is 0 Å². The van der Waals surface area contributed by atoms with Crippen molar-refractivity contribution in [3.8, 4) is 22.3 Å². The molecule has 0 aliphatic rings. The fraction of sp³-hybridized carbons (Fsp3) is 0.462. The number of aromatic nitrogens is 8. The molecule has 0 bridgehead atoms. The number of aryl methyl sites for hydroxylation is 8. The van der Waals surface area contributed by atoms with Gasteiger partial charge in [0.25, 0.3) is 0 Å². The predicted octanol–water partition coefficient (Wildman–Crippen LogP) is 13.4. The summed E-state index contributed by atoms with van der Waals surface area (Å²) in [5.74, 6) is 0. The Bertz CT molecular complexity index is 2750. The maximum atomic E-state index is 7.23. The number of fused-ring (bicyclic) bond motifs is 6. The van der Waals surface area contributed by atoms with Crippen LogP contribution >= 0.6 is 0 Å². The Morgan fingerprint density at radius 3 is 1.13 bits per heavy atom. The Labute approximate surface area is 362 Å². The second-order valence-electron chi connectivity index (χ2n) is 18.7. The maximum Gasteiger partial charge on any atom is 0.165 e. The summed E-state index contributed by atoms with van der Waals surface area (Å²) in [5.41, 5.74) is 18.5. The molecule has 320 valence electrons. The topological polar surface area (TPSA) is 79.5 Å². The summed E-state index contributed by atoms with van der Waals surface area (Å²) in [6, 6.07) is 14.4. The molecule has 8 rings (SSSR count). The highest BCUT2D eigenvalue weighted by atomic mass is 16.5. The SMILES string of the molecule is CCC(CC)n1ccc2c(C)nc3c(-c4c(C)cc(C(C)(C)OC(C)(C)c5cc(C)c(-c6c(C)nn7c6nc(C)c6ccn(C(CC)CC)c67)c(C)c5)cc4C)c(C)nn3c21. The van der Waals surface area contributed by atoms with Gasteiger partial charge in [-0.15, -0.1) is 0 Å². The molecule has 0 amide bonds. The highest BCUT2D eigenvalue weighted by Gasteiger charge is 2.34. The first-order valence-electron chi connectivity index (χ1n) is 22.5. The van der Waals surface area contributed by atoms with E-state index in [9.17, 15) is 0 Å². The molecule has 61 heavy (non-hydrogen) atoms. The van der Waals surface area contributed by atoms with E-state index in [4.69, 9.17) is 24.9 Å². The monoisotopic (exact) mass is 819 g/mol. The van der Waals surface area contributed by atoms with Crippen LogP contribution in [0.15, 0.2) is 48.8 Å². The van der Waals surface area contributed by atoms with Gasteiger partial charge in [0, 0.05) is 35.2 Å². The molecular weight excluding hydrogens is 753 g/mol. The van der Waals surface area contributed by atoms with Crippen molar-refractivity contribution in [2.45, 2.75) is 160 Å². The zero-order valence-corrected chi connectivity index (χ0v) is 39.6. The third-order valence-electron chi connectivity index (χ3n) is 13.7. The van der Waals surface area contributed by atoms with E-state index in [-0.39, 0.29) is 0 Å². The van der Waals surface area contributed by atoms with Crippen molar-refractivity contribution in [1.82, 2.24) is 38.3 Å². The number of ether oxygens (including phenoxy) is 1. The molecule has 6 aromatic heterocycles. The van der Waals surface area contributed by atoms with Gasteiger partial charge < -0.3 is 13.9 Å². The Morgan fingerprint density at radius 1 is 0.492 bits per heavy atom. The third kappa shape index (κ3) is 6.70. The Hall–Kier alpha value is -5.28. The normalized spacial score (nSPS) is 12.9. The van der Waals surface area contributed by atoms with Gasteiger partial charge in [-0.1, -0.05) is 52.0 Å². The molecule has 8 aromatic rings. The van der Waals surface area contributed by atoms with E-state index < -0.39 is 11.2 Å². The molecule has 2 aromatic carbocycles. The van der Waals surface area contributed by atoms with Gasteiger partial charge in [0.05, 0.1) is 45.1 Å². The molecule has 0 atom stereocenters. The van der Waals surface area contributed by atoms with Gasteiger partial charge in [-0.2, -0.15) is 19.2 Å². The molecule has 0 aliphatic carbocycles. The lowest BCUT2D eigenvalue weighted by Crippen LogP contribution is -2.33. The van der Waals surface area contributed by atoms with Crippen molar-refractivity contribution in [2.24, 2.45) is 0 Å². The van der Waals surface area contributed by atoms with Gasteiger partial charge in [-0.3, -0.25) is 0 Å². The van der Waals surface area contributed by atoms with Crippen molar-refractivity contribution >= 4 is 33.4 Å². The predicted molar refractivity (Wildman–Crippen MR) is 252 cm³/mol. The largest absolute Gasteiger partial charge is 0.360 e. The van der Waals surface area contributed by atoms with E-state index in [1.165, 1.54) is 33.4 Å². The van der Waals surface area contributed by atoms with Crippen LogP contribution in [0.4, 0.5) is 0 Å². The maximum absolute atomic E-state index is 7.23. The van der Waals surface area contributed by atoms with E-state index in [1.54, 1.807) is 0 Å². The van der Waals surface area contributed by atoms with Crippen LogP contribution in [0.25, 0.3) is 55.6 Å². The molecule has 9 nitrogen and oxygen atoms in total. The lowest BCUT2D eigenvalue weighted by Gasteiger charge is -2.38. The Kier molecular flexibility index (Phi) is 10.6. The van der Waals surface area contributed by atoms with Crippen LogP contribution in [-0.4, -0.2) is 38.3 Å². The van der Waals surface area contributed by atoms with Gasteiger partial charge in [0.1, 0.15) is 11.3 Å².